The van der Waals surface area contributed by atoms with Gasteiger partial charge in [-0.1, -0.05) is 24.3 Å². The zero-order chi connectivity index (χ0) is 11.6. The third-order valence-electron chi connectivity index (χ3n) is 2.85. The molecule has 0 aliphatic heterocycles. The third-order valence-corrected chi connectivity index (χ3v) is 2.85. The van der Waals surface area contributed by atoms with Crippen molar-refractivity contribution in [2.75, 3.05) is 0 Å². The Kier molecular flexibility index (Phi) is 3.15. The van der Waals surface area contributed by atoms with Crippen molar-refractivity contribution in [3.63, 3.8) is 0 Å². The molecule has 0 saturated carbocycles. The standard InChI is InChI=1S/C12H17NO2/c1-8-6-4-5-7-9(8)10(13)12(2,3)11(14)15/h4-7,10H,13H2,1-3H3,(H,14,15). The number of carbonyl (C=O) groups is 1. The third kappa shape index (κ3) is 2.18. The summed E-state index contributed by atoms with van der Waals surface area (Å²) in [6.07, 6.45) is 0. The molecule has 0 amide bonds. The van der Waals surface area contributed by atoms with Crippen molar-refractivity contribution in [1.29, 1.82) is 0 Å². The Bertz CT molecular complexity index is 372. The van der Waals surface area contributed by atoms with E-state index in [0.29, 0.717) is 0 Å². The van der Waals surface area contributed by atoms with Gasteiger partial charge in [-0.3, -0.25) is 4.79 Å². The Hall–Kier alpha value is -1.35. The van der Waals surface area contributed by atoms with Crippen LogP contribution in [-0.2, 0) is 4.79 Å². The topological polar surface area (TPSA) is 63.3 Å². The summed E-state index contributed by atoms with van der Waals surface area (Å²) in [4.78, 5) is 11.1. The van der Waals surface area contributed by atoms with Gasteiger partial charge in [0.1, 0.15) is 0 Å². The van der Waals surface area contributed by atoms with E-state index in [0.717, 1.165) is 11.1 Å². The minimum atomic E-state index is -0.952. The molecule has 3 N–H and O–H groups in total. The van der Waals surface area contributed by atoms with Crippen molar-refractivity contribution in [3.8, 4) is 0 Å². The number of carboxylic acid groups (broad SMARTS) is 1. The highest BCUT2D eigenvalue weighted by molar-refractivity contribution is 5.75. The van der Waals surface area contributed by atoms with Gasteiger partial charge in [0, 0.05) is 6.04 Å². The van der Waals surface area contributed by atoms with Gasteiger partial charge in [-0.05, 0) is 31.9 Å². The maximum absolute atomic E-state index is 11.1. The highest BCUT2D eigenvalue weighted by Gasteiger charge is 2.35. The fourth-order valence-electron chi connectivity index (χ4n) is 1.46. The van der Waals surface area contributed by atoms with E-state index in [1.165, 1.54) is 0 Å². The second-order valence-electron chi connectivity index (χ2n) is 4.36. The van der Waals surface area contributed by atoms with Crippen molar-refractivity contribution in [2.24, 2.45) is 11.1 Å². The monoisotopic (exact) mass is 207 g/mol. The van der Waals surface area contributed by atoms with Crippen molar-refractivity contribution in [2.45, 2.75) is 26.8 Å². The number of carboxylic acids is 1. The quantitative estimate of drug-likeness (QED) is 0.797. The van der Waals surface area contributed by atoms with Crippen LogP contribution in [0.3, 0.4) is 0 Å². The first kappa shape index (κ1) is 11.7. The lowest BCUT2D eigenvalue weighted by molar-refractivity contribution is -0.148. The van der Waals surface area contributed by atoms with Gasteiger partial charge in [-0.25, -0.2) is 0 Å². The summed E-state index contributed by atoms with van der Waals surface area (Å²) in [6.45, 7) is 5.23. The van der Waals surface area contributed by atoms with Crippen LogP contribution in [0.1, 0.15) is 31.0 Å². The number of aliphatic carboxylic acids is 1. The summed E-state index contributed by atoms with van der Waals surface area (Å²) >= 11 is 0. The van der Waals surface area contributed by atoms with E-state index in [-0.39, 0.29) is 0 Å². The van der Waals surface area contributed by atoms with Crippen molar-refractivity contribution in [3.05, 3.63) is 35.4 Å². The predicted octanol–water partition coefficient (Wildman–Crippen LogP) is 2.11. The minimum Gasteiger partial charge on any atom is -0.481 e. The molecule has 1 rings (SSSR count). The molecule has 0 radical (unpaired) electrons. The largest absolute Gasteiger partial charge is 0.481 e. The van der Waals surface area contributed by atoms with E-state index in [1.54, 1.807) is 13.8 Å². The number of rotatable bonds is 3. The zero-order valence-corrected chi connectivity index (χ0v) is 9.32. The van der Waals surface area contributed by atoms with Gasteiger partial charge in [0.2, 0.25) is 0 Å². The summed E-state index contributed by atoms with van der Waals surface area (Å²) in [5, 5.41) is 9.08. The molecule has 82 valence electrons. The lowest BCUT2D eigenvalue weighted by atomic mass is 9.80. The molecule has 3 nitrogen and oxygen atoms in total. The number of benzene rings is 1. The van der Waals surface area contributed by atoms with Crippen LogP contribution in [0.25, 0.3) is 0 Å². The molecular weight excluding hydrogens is 190 g/mol. The summed E-state index contributed by atoms with van der Waals surface area (Å²) < 4.78 is 0. The molecule has 1 aromatic rings. The highest BCUT2D eigenvalue weighted by Crippen LogP contribution is 2.32. The lowest BCUT2D eigenvalue weighted by Crippen LogP contribution is -2.36. The summed E-state index contributed by atoms with van der Waals surface area (Å²) in [7, 11) is 0. The van der Waals surface area contributed by atoms with E-state index in [1.807, 2.05) is 31.2 Å². The van der Waals surface area contributed by atoms with E-state index >= 15 is 0 Å². The molecule has 0 aromatic heterocycles. The van der Waals surface area contributed by atoms with E-state index in [4.69, 9.17) is 10.8 Å². The Balaban J connectivity index is 3.10. The molecule has 3 heteroatoms. The highest BCUT2D eigenvalue weighted by atomic mass is 16.4. The van der Waals surface area contributed by atoms with Crippen LogP contribution >= 0.6 is 0 Å². The Labute approximate surface area is 89.9 Å². The smallest absolute Gasteiger partial charge is 0.311 e. The van der Waals surface area contributed by atoms with Gasteiger partial charge >= 0.3 is 5.97 Å². The Morgan fingerprint density at radius 3 is 2.40 bits per heavy atom. The van der Waals surface area contributed by atoms with Crippen LogP contribution in [0.15, 0.2) is 24.3 Å². The molecule has 1 aromatic carbocycles. The zero-order valence-electron chi connectivity index (χ0n) is 9.32. The number of hydrogen-bond donors (Lipinski definition) is 2. The second-order valence-corrected chi connectivity index (χ2v) is 4.36. The first-order valence-corrected chi connectivity index (χ1v) is 4.92. The van der Waals surface area contributed by atoms with E-state index in [2.05, 4.69) is 0 Å². The van der Waals surface area contributed by atoms with Crippen molar-refractivity contribution >= 4 is 5.97 Å². The molecule has 0 saturated heterocycles. The van der Waals surface area contributed by atoms with E-state index in [9.17, 15) is 4.79 Å². The van der Waals surface area contributed by atoms with Crippen LogP contribution < -0.4 is 5.73 Å². The molecular formula is C12H17NO2. The number of aryl methyl sites for hydroxylation is 1. The molecule has 0 aliphatic carbocycles. The predicted molar refractivity (Wildman–Crippen MR) is 59.5 cm³/mol. The molecule has 0 aliphatic rings. The number of hydrogen-bond acceptors (Lipinski definition) is 2. The summed E-state index contributed by atoms with van der Waals surface area (Å²) in [6, 6.07) is 7.12. The summed E-state index contributed by atoms with van der Waals surface area (Å²) in [5.74, 6) is -0.877. The van der Waals surface area contributed by atoms with Gasteiger partial charge in [0.25, 0.3) is 0 Å². The van der Waals surface area contributed by atoms with Gasteiger partial charge in [-0.2, -0.15) is 0 Å². The molecule has 0 fully saturated rings. The van der Waals surface area contributed by atoms with Crippen LogP contribution in [0.5, 0.6) is 0 Å². The van der Waals surface area contributed by atoms with Crippen LogP contribution in [0.2, 0.25) is 0 Å². The molecule has 0 spiro atoms. The summed E-state index contributed by atoms with van der Waals surface area (Å²) in [5.41, 5.74) is 6.96. The maximum atomic E-state index is 11.1. The normalized spacial score (nSPS) is 13.6. The van der Waals surface area contributed by atoms with Gasteiger partial charge in [0.15, 0.2) is 0 Å². The van der Waals surface area contributed by atoms with Crippen molar-refractivity contribution in [1.82, 2.24) is 0 Å². The molecule has 0 heterocycles. The molecule has 1 unspecified atom stereocenters. The number of nitrogens with two attached hydrogens (primary N) is 1. The van der Waals surface area contributed by atoms with Gasteiger partial charge in [-0.15, -0.1) is 0 Å². The van der Waals surface area contributed by atoms with Crippen LogP contribution in [-0.4, -0.2) is 11.1 Å². The Morgan fingerprint density at radius 1 is 1.40 bits per heavy atom. The average Bonchev–Trinajstić information content (AvgIpc) is 2.17. The molecule has 1 atom stereocenters. The first-order chi connectivity index (χ1) is 6.87. The van der Waals surface area contributed by atoms with Crippen LogP contribution in [0.4, 0.5) is 0 Å². The minimum absolute atomic E-state index is 0.490. The van der Waals surface area contributed by atoms with Crippen molar-refractivity contribution < 1.29 is 9.90 Å². The lowest BCUT2D eigenvalue weighted by Gasteiger charge is -2.28. The Morgan fingerprint density at radius 2 is 1.93 bits per heavy atom. The van der Waals surface area contributed by atoms with E-state index < -0.39 is 17.4 Å². The van der Waals surface area contributed by atoms with Crippen LogP contribution in [0, 0.1) is 12.3 Å². The SMILES string of the molecule is Cc1ccccc1C(N)C(C)(C)C(=O)O. The van der Waals surface area contributed by atoms with Gasteiger partial charge < -0.3 is 10.8 Å². The first-order valence-electron chi connectivity index (χ1n) is 4.92. The molecule has 15 heavy (non-hydrogen) atoms. The average molecular weight is 207 g/mol. The molecule has 0 bridgehead atoms. The fourth-order valence-corrected chi connectivity index (χ4v) is 1.46. The second kappa shape index (κ2) is 4.03. The van der Waals surface area contributed by atoms with Gasteiger partial charge in [0.05, 0.1) is 5.41 Å². The fraction of sp³-hybridized carbons (Fsp3) is 0.417. The maximum Gasteiger partial charge on any atom is 0.311 e.